The molecule has 0 N–H and O–H groups in total. The van der Waals surface area contributed by atoms with Crippen LogP contribution in [0.3, 0.4) is 0 Å². The van der Waals surface area contributed by atoms with Crippen molar-refractivity contribution in [3.8, 4) is 6.07 Å². The van der Waals surface area contributed by atoms with Gasteiger partial charge in [0.05, 0.1) is 6.07 Å². The zero-order chi connectivity index (χ0) is 9.84. The van der Waals surface area contributed by atoms with Gasteiger partial charge in [-0.3, -0.25) is 4.79 Å². The van der Waals surface area contributed by atoms with E-state index in [1.807, 2.05) is 6.92 Å². The largest absolute Gasteiger partial charge is 0.300 e. The van der Waals surface area contributed by atoms with Crippen LogP contribution in [0.2, 0.25) is 0 Å². The molecule has 0 radical (unpaired) electrons. The van der Waals surface area contributed by atoms with Gasteiger partial charge in [0.1, 0.15) is 5.78 Å². The monoisotopic (exact) mass is 179 g/mol. The van der Waals surface area contributed by atoms with Crippen LogP contribution < -0.4 is 0 Å². The molecular weight excluding hydrogens is 162 g/mol. The second-order valence-corrected chi connectivity index (χ2v) is 4.08. The number of carbonyl (C=O) groups is 1. The maximum atomic E-state index is 11.3. The van der Waals surface area contributed by atoms with Gasteiger partial charge >= 0.3 is 0 Å². The third kappa shape index (κ3) is 2.30. The van der Waals surface area contributed by atoms with Crippen molar-refractivity contribution < 1.29 is 4.79 Å². The van der Waals surface area contributed by atoms with Gasteiger partial charge in [0.2, 0.25) is 0 Å². The smallest absolute Gasteiger partial charge is 0.133 e. The molecule has 1 rings (SSSR count). The Morgan fingerprint density at radius 2 is 2.08 bits per heavy atom. The van der Waals surface area contributed by atoms with Gasteiger partial charge in [0.15, 0.2) is 0 Å². The summed E-state index contributed by atoms with van der Waals surface area (Å²) < 4.78 is 0. The number of hydrogen-bond donors (Lipinski definition) is 0. The van der Waals surface area contributed by atoms with Crippen LogP contribution in [0.25, 0.3) is 0 Å². The summed E-state index contributed by atoms with van der Waals surface area (Å²) >= 11 is 0. The highest BCUT2D eigenvalue weighted by atomic mass is 16.1. The number of carbonyl (C=O) groups excluding carboxylic acids is 1. The van der Waals surface area contributed by atoms with Crippen LogP contribution in [-0.2, 0) is 4.79 Å². The first-order chi connectivity index (χ1) is 6.16. The van der Waals surface area contributed by atoms with E-state index in [9.17, 15) is 4.79 Å². The van der Waals surface area contributed by atoms with Crippen molar-refractivity contribution in [1.29, 1.82) is 5.26 Å². The molecule has 2 heteroatoms. The molecule has 0 bridgehead atoms. The van der Waals surface area contributed by atoms with E-state index in [0.717, 1.165) is 19.3 Å². The summed E-state index contributed by atoms with van der Waals surface area (Å²) in [4.78, 5) is 11.3. The van der Waals surface area contributed by atoms with E-state index < -0.39 is 0 Å². The van der Waals surface area contributed by atoms with Gasteiger partial charge in [0, 0.05) is 11.8 Å². The van der Waals surface area contributed by atoms with Crippen LogP contribution in [0.5, 0.6) is 0 Å². The lowest BCUT2D eigenvalue weighted by Gasteiger charge is -2.31. The van der Waals surface area contributed by atoms with Crippen LogP contribution >= 0.6 is 0 Å². The van der Waals surface area contributed by atoms with E-state index >= 15 is 0 Å². The molecule has 1 aliphatic rings. The molecule has 1 aliphatic carbocycles. The SMILES string of the molecule is CC(=O)C1CCCCC1C(C)C#N. The summed E-state index contributed by atoms with van der Waals surface area (Å²) in [5.41, 5.74) is 0. The Morgan fingerprint density at radius 1 is 1.46 bits per heavy atom. The van der Waals surface area contributed by atoms with Gasteiger partial charge in [-0.25, -0.2) is 0 Å². The molecule has 0 saturated heterocycles. The molecule has 0 spiro atoms. The Labute approximate surface area is 79.9 Å². The first-order valence-electron chi connectivity index (χ1n) is 5.07. The Hall–Kier alpha value is -0.840. The summed E-state index contributed by atoms with van der Waals surface area (Å²) in [6.45, 7) is 3.60. The van der Waals surface area contributed by atoms with Crippen molar-refractivity contribution in [2.24, 2.45) is 17.8 Å². The van der Waals surface area contributed by atoms with Crippen molar-refractivity contribution in [2.75, 3.05) is 0 Å². The van der Waals surface area contributed by atoms with Gasteiger partial charge < -0.3 is 0 Å². The molecule has 1 fully saturated rings. The quantitative estimate of drug-likeness (QED) is 0.653. The molecule has 0 aromatic rings. The number of nitriles is 1. The first-order valence-corrected chi connectivity index (χ1v) is 5.07. The van der Waals surface area contributed by atoms with Crippen molar-refractivity contribution in [3.63, 3.8) is 0 Å². The molecule has 1 saturated carbocycles. The van der Waals surface area contributed by atoms with Gasteiger partial charge in [-0.05, 0) is 32.6 Å². The van der Waals surface area contributed by atoms with E-state index in [1.165, 1.54) is 6.42 Å². The van der Waals surface area contributed by atoms with Crippen LogP contribution in [0.15, 0.2) is 0 Å². The van der Waals surface area contributed by atoms with Crippen molar-refractivity contribution in [2.45, 2.75) is 39.5 Å². The molecule has 0 aromatic heterocycles. The molecule has 0 heterocycles. The van der Waals surface area contributed by atoms with E-state index in [0.29, 0.717) is 5.92 Å². The van der Waals surface area contributed by atoms with E-state index in [4.69, 9.17) is 5.26 Å². The summed E-state index contributed by atoms with van der Waals surface area (Å²) in [7, 11) is 0. The second-order valence-electron chi connectivity index (χ2n) is 4.08. The predicted molar refractivity (Wildman–Crippen MR) is 50.9 cm³/mol. The topological polar surface area (TPSA) is 40.9 Å². The third-order valence-corrected chi connectivity index (χ3v) is 3.19. The molecule has 3 unspecified atom stereocenters. The minimum Gasteiger partial charge on any atom is -0.300 e. The van der Waals surface area contributed by atoms with Crippen LogP contribution in [-0.4, -0.2) is 5.78 Å². The van der Waals surface area contributed by atoms with Crippen molar-refractivity contribution in [1.82, 2.24) is 0 Å². The Bertz CT molecular complexity index is 229. The molecule has 0 amide bonds. The van der Waals surface area contributed by atoms with Crippen molar-refractivity contribution >= 4 is 5.78 Å². The van der Waals surface area contributed by atoms with Gasteiger partial charge in [-0.2, -0.15) is 5.26 Å². The molecule has 0 aliphatic heterocycles. The minimum atomic E-state index is 0.0363. The number of nitrogens with zero attached hydrogens (tertiary/aromatic N) is 1. The second kappa shape index (κ2) is 4.41. The minimum absolute atomic E-state index is 0.0363. The summed E-state index contributed by atoms with van der Waals surface area (Å²) in [6.07, 6.45) is 4.38. The highest BCUT2D eigenvalue weighted by molar-refractivity contribution is 5.78. The number of rotatable bonds is 2. The fourth-order valence-electron chi connectivity index (χ4n) is 2.36. The number of hydrogen-bond acceptors (Lipinski definition) is 2. The summed E-state index contributed by atoms with van der Waals surface area (Å²) in [6, 6.07) is 2.27. The Balaban J connectivity index is 2.68. The van der Waals surface area contributed by atoms with E-state index in [1.54, 1.807) is 6.92 Å². The predicted octanol–water partition coefficient (Wildman–Crippen LogP) is 2.54. The maximum Gasteiger partial charge on any atom is 0.133 e. The molecular formula is C11H17NO. The summed E-state index contributed by atoms with van der Waals surface area (Å²) in [5, 5.41) is 8.83. The standard InChI is InChI=1S/C11H17NO/c1-8(7-12)10-5-3-4-6-11(10)9(2)13/h8,10-11H,3-6H2,1-2H3. The fourth-order valence-corrected chi connectivity index (χ4v) is 2.36. The van der Waals surface area contributed by atoms with Gasteiger partial charge in [0.25, 0.3) is 0 Å². The average molecular weight is 179 g/mol. The van der Waals surface area contributed by atoms with Crippen LogP contribution in [0.1, 0.15) is 39.5 Å². The molecule has 2 nitrogen and oxygen atoms in total. The van der Waals surface area contributed by atoms with Gasteiger partial charge in [-0.15, -0.1) is 0 Å². The molecule has 72 valence electrons. The lowest BCUT2D eigenvalue weighted by molar-refractivity contribution is -0.123. The van der Waals surface area contributed by atoms with E-state index in [-0.39, 0.29) is 17.6 Å². The highest BCUT2D eigenvalue weighted by Gasteiger charge is 2.32. The van der Waals surface area contributed by atoms with E-state index in [2.05, 4.69) is 6.07 Å². The lowest BCUT2D eigenvalue weighted by Crippen LogP contribution is -2.29. The number of ketones is 1. The van der Waals surface area contributed by atoms with Crippen LogP contribution in [0.4, 0.5) is 0 Å². The molecule has 3 atom stereocenters. The fraction of sp³-hybridized carbons (Fsp3) is 0.818. The van der Waals surface area contributed by atoms with Crippen molar-refractivity contribution in [3.05, 3.63) is 0 Å². The first kappa shape index (κ1) is 10.2. The van der Waals surface area contributed by atoms with Crippen LogP contribution in [0, 0.1) is 29.1 Å². The third-order valence-electron chi connectivity index (χ3n) is 3.19. The molecule has 13 heavy (non-hydrogen) atoms. The normalized spacial score (nSPS) is 30.5. The Morgan fingerprint density at radius 3 is 2.62 bits per heavy atom. The lowest BCUT2D eigenvalue weighted by atomic mass is 9.72. The Kier molecular flexibility index (Phi) is 3.48. The highest BCUT2D eigenvalue weighted by Crippen LogP contribution is 2.35. The average Bonchev–Trinajstić information content (AvgIpc) is 2.16. The molecule has 0 aromatic carbocycles. The zero-order valence-electron chi connectivity index (χ0n) is 8.42. The van der Waals surface area contributed by atoms with Gasteiger partial charge in [-0.1, -0.05) is 12.8 Å². The zero-order valence-corrected chi connectivity index (χ0v) is 8.42. The maximum absolute atomic E-state index is 11.3. The number of Topliss-reactive ketones (excluding diaryl/α,β-unsaturated/α-hetero) is 1. The summed E-state index contributed by atoms with van der Waals surface area (Å²) in [5.74, 6) is 0.778.